The lowest BCUT2D eigenvalue weighted by Crippen LogP contribution is -2.26. The summed E-state index contributed by atoms with van der Waals surface area (Å²) in [5.74, 6) is -0.263. The van der Waals surface area contributed by atoms with Gasteiger partial charge in [0.2, 0.25) is 0 Å². The number of nitrogens with zero attached hydrogens (tertiary/aromatic N) is 1. The highest BCUT2D eigenvalue weighted by Crippen LogP contribution is 2.30. The summed E-state index contributed by atoms with van der Waals surface area (Å²) < 4.78 is 19.0. The van der Waals surface area contributed by atoms with E-state index in [9.17, 15) is 4.39 Å². The van der Waals surface area contributed by atoms with Crippen molar-refractivity contribution in [2.24, 2.45) is 0 Å². The smallest absolute Gasteiger partial charge is 0.137 e. The van der Waals surface area contributed by atoms with E-state index in [1.54, 1.807) is 30.6 Å². The zero-order chi connectivity index (χ0) is 15.4. The van der Waals surface area contributed by atoms with Crippen LogP contribution in [0.25, 0.3) is 0 Å². The van der Waals surface area contributed by atoms with Gasteiger partial charge in [-0.15, -0.1) is 11.3 Å². The zero-order valence-electron chi connectivity index (χ0n) is 12.2. The van der Waals surface area contributed by atoms with Crippen LogP contribution in [0, 0.1) is 19.7 Å². The molecule has 1 atom stereocenters. The first-order valence-electron chi connectivity index (χ1n) is 6.64. The fraction of sp³-hybridized carbons (Fsp3) is 0.400. The second kappa shape index (κ2) is 7.45. The maximum Gasteiger partial charge on any atom is 0.137 e. The molecule has 1 aromatic carbocycles. The van der Waals surface area contributed by atoms with Crippen molar-refractivity contribution in [2.75, 3.05) is 20.3 Å². The Morgan fingerprint density at radius 1 is 1.43 bits per heavy atom. The van der Waals surface area contributed by atoms with Gasteiger partial charge >= 0.3 is 0 Å². The van der Waals surface area contributed by atoms with Gasteiger partial charge in [-0.05, 0) is 47.5 Å². The first-order chi connectivity index (χ1) is 10.0. The molecule has 0 radical (unpaired) electrons. The molecule has 0 fully saturated rings. The van der Waals surface area contributed by atoms with E-state index in [-0.39, 0.29) is 11.9 Å². The third kappa shape index (κ3) is 4.10. The number of ether oxygens (including phenoxy) is 1. The quantitative estimate of drug-likeness (QED) is 0.778. The summed E-state index contributed by atoms with van der Waals surface area (Å²) in [5.41, 5.74) is 2.02. The van der Waals surface area contributed by atoms with Crippen LogP contribution in [0.1, 0.15) is 27.2 Å². The fourth-order valence-corrected chi connectivity index (χ4v) is 3.39. The Morgan fingerprint density at radius 3 is 2.76 bits per heavy atom. The van der Waals surface area contributed by atoms with Gasteiger partial charge in [-0.25, -0.2) is 9.37 Å². The first kappa shape index (κ1) is 16.5. The minimum absolute atomic E-state index is 0.0607. The molecule has 0 spiro atoms. The molecule has 1 heterocycles. The Morgan fingerprint density at radius 2 is 2.19 bits per heavy atom. The van der Waals surface area contributed by atoms with Crippen molar-refractivity contribution >= 4 is 27.3 Å². The Hall–Kier alpha value is -0.820. The van der Waals surface area contributed by atoms with Crippen molar-refractivity contribution in [2.45, 2.75) is 19.9 Å². The molecular formula is C15H18BrFN2OS. The summed E-state index contributed by atoms with van der Waals surface area (Å²) in [7, 11) is 1.67. The minimum Gasteiger partial charge on any atom is -0.383 e. The average molecular weight is 373 g/mol. The highest BCUT2D eigenvalue weighted by Gasteiger charge is 2.19. The highest BCUT2D eigenvalue weighted by molar-refractivity contribution is 9.10. The van der Waals surface area contributed by atoms with E-state index in [1.165, 1.54) is 10.9 Å². The molecule has 1 unspecified atom stereocenters. The molecule has 3 nitrogen and oxygen atoms in total. The lowest BCUT2D eigenvalue weighted by atomic mass is 10.1. The Bertz CT molecular complexity index is 598. The molecule has 0 bridgehead atoms. The van der Waals surface area contributed by atoms with Crippen LogP contribution in [0.5, 0.6) is 0 Å². The van der Waals surface area contributed by atoms with Crippen LogP contribution < -0.4 is 5.32 Å². The predicted molar refractivity (Wildman–Crippen MR) is 87.4 cm³/mol. The van der Waals surface area contributed by atoms with Gasteiger partial charge in [0.25, 0.3) is 0 Å². The predicted octanol–water partition coefficient (Wildman–Crippen LogP) is 3.99. The lowest BCUT2D eigenvalue weighted by Gasteiger charge is -2.17. The van der Waals surface area contributed by atoms with Crippen LogP contribution in [0.4, 0.5) is 4.39 Å². The van der Waals surface area contributed by atoms with Crippen LogP contribution in [0.3, 0.4) is 0 Å². The molecule has 2 rings (SSSR count). The van der Waals surface area contributed by atoms with E-state index in [1.807, 2.05) is 6.92 Å². The van der Waals surface area contributed by atoms with Gasteiger partial charge in [0.15, 0.2) is 0 Å². The lowest BCUT2D eigenvalue weighted by molar-refractivity contribution is 0.197. The number of aromatic nitrogens is 1. The van der Waals surface area contributed by atoms with Crippen LogP contribution >= 0.6 is 27.3 Å². The standard InChI is InChI=1S/C15H18BrFN2OS/c1-9-10(2)21-15(19-9)14(18-6-7-20-3)11-4-5-13(17)12(16)8-11/h4-5,8,14,18H,6-7H2,1-3H3. The normalized spacial score (nSPS) is 12.6. The van der Waals surface area contributed by atoms with Crippen molar-refractivity contribution in [3.05, 3.63) is 49.6 Å². The van der Waals surface area contributed by atoms with Crippen LogP contribution in [-0.4, -0.2) is 25.2 Å². The topological polar surface area (TPSA) is 34.1 Å². The second-order valence-corrected chi connectivity index (χ2v) is 6.84. The molecule has 21 heavy (non-hydrogen) atoms. The number of hydrogen-bond donors (Lipinski definition) is 1. The Balaban J connectivity index is 2.32. The molecule has 0 aliphatic heterocycles. The number of benzene rings is 1. The fourth-order valence-electron chi connectivity index (χ4n) is 1.97. The molecule has 2 aromatic rings. The maximum atomic E-state index is 13.4. The average Bonchev–Trinajstić information content (AvgIpc) is 2.78. The summed E-state index contributed by atoms with van der Waals surface area (Å²) in [6.07, 6.45) is 0. The molecule has 0 aliphatic rings. The number of rotatable bonds is 6. The van der Waals surface area contributed by atoms with Gasteiger partial charge in [0.05, 0.1) is 22.8 Å². The molecule has 1 N–H and O–H groups in total. The summed E-state index contributed by atoms with van der Waals surface area (Å²) in [4.78, 5) is 5.82. The molecule has 6 heteroatoms. The highest BCUT2D eigenvalue weighted by atomic mass is 79.9. The SMILES string of the molecule is COCCNC(c1ccc(F)c(Br)c1)c1nc(C)c(C)s1. The van der Waals surface area contributed by atoms with Crippen molar-refractivity contribution in [1.82, 2.24) is 10.3 Å². The first-order valence-corrected chi connectivity index (χ1v) is 8.25. The van der Waals surface area contributed by atoms with Gasteiger partial charge in [-0.2, -0.15) is 0 Å². The van der Waals surface area contributed by atoms with Gasteiger partial charge < -0.3 is 10.1 Å². The number of thiazole rings is 1. The Labute approximate surface area is 136 Å². The minimum atomic E-state index is -0.263. The van der Waals surface area contributed by atoms with E-state index in [0.717, 1.165) is 16.3 Å². The summed E-state index contributed by atoms with van der Waals surface area (Å²) in [6.45, 7) is 5.38. The maximum absolute atomic E-state index is 13.4. The van der Waals surface area contributed by atoms with Crippen LogP contribution in [0.15, 0.2) is 22.7 Å². The summed E-state index contributed by atoms with van der Waals surface area (Å²) in [6, 6.07) is 5.00. The molecule has 0 aliphatic carbocycles. The third-order valence-corrected chi connectivity index (χ3v) is 4.97. The van der Waals surface area contributed by atoms with Gasteiger partial charge in [0, 0.05) is 18.5 Å². The molecule has 0 saturated heterocycles. The van der Waals surface area contributed by atoms with E-state index in [2.05, 4.69) is 33.2 Å². The van der Waals surface area contributed by atoms with Gasteiger partial charge in [-0.3, -0.25) is 0 Å². The third-order valence-electron chi connectivity index (χ3n) is 3.22. The molecule has 0 saturated carbocycles. The molecular weight excluding hydrogens is 355 g/mol. The van der Waals surface area contributed by atoms with E-state index < -0.39 is 0 Å². The zero-order valence-corrected chi connectivity index (χ0v) is 14.6. The summed E-state index contributed by atoms with van der Waals surface area (Å²) >= 11 is 4.91. The van der Waals surface area contributed by atoms with Crippen molar-refractivity contribution in [3.63, 3.8) is 0 Å². The summed E-state index contributed by atoms with van der Waals surface area (Å²) in [5, 5.41) is 4.41. The molecule has 0 amide bonds. The van der Waals surface area contributed by atoms with E-state index >= 15 is 0 Å². The molecule has 1 aromatic heterocycles. The number of halogens is 2. The van der Waals surface area contributed by atoms with E-state index in [0.29, 0.717) is 17.6 Å². The number of aryl methyl sites for hydroxylation is 2. The van der Waals surface area contributed by atoms with Crippen molar-refractivity contribution in [1.29, 1.82) is 0 Å². The van der Waals surface area contributed by atoms with Gasteiger partial charge in [-0.1, -0.05) is 6.07 Å². The van der Waals surface area contributed by atoms with Crippen molar-refractivity contribution in [3.8, 4) is 0 Å². The largest absolute Gasteiger partial charge is 0.383 e. The van der Waals surface area contributed by atoms with E-state index in [4.69, 9.17) is 4.74 Å². The second-order valence-electron chi connectivity index (χ2n) is 4.75. The number of hydrogen-bond acceptors (Lipinski definition) is 4. The van der Waals surface area contributed by atoms with Gasteiger partial charge in [0.1, 0.15) is 10.8 Å². The number of methoxy groups -OCH3 is 1. The van der Waals surface area contributed by atoms with Crippen LogP contribution in [-0.2, 0) is 4.74 Å². The Kier molecular flexibility index (Phi) is 5.87. The monoisotopic (exact) mass is 372 g/mol. The van der Waals surface area contributed by atoms with Crippen molar-refractivity contribution < 1.29 is 9.13 Å². The number of nitrogens with one attached hydrogen (secondary N) is 1. The molecule has 114 valence electrons. The van der Waals surface area contributed by atoms with Crippen LogP contribution in [0.2, 0.25) is 0 Å².